The molecule has 0 spiro atoms. The minimum atomic E-state index is -3.56. The molecule has 1 aromatic rings. The van der Waals surface area contributed by atoms with Gasteiger partial charge < -0.3 is 15.4 Å². The highest BCUT2D eigenvalue weighted by Crippen LogP contribution is 2.29. The van der Waals surface area contributed by atoms with Gasteiger partial charge in [-0.1, -0.05) is 0 Å². The van der Waals surface area contributed by atoms with Crippen molar-refractivity contribution in [1.82, 2.24) is 9.62 Å². The molecule has 8 heteroatoms. The maximum absolute atomic E-state index is 12.6. The van der Waals surface area contributed by atoms with Crippen LogP contribution in [0.3, 0.4) is 0 Å². The number of benzene rings is 1. The molecule has 0 radical (unpaired) electrons. The van der Waals surface area contributed by atoms with Crippen molar-refractivity contribution in [3.63, 3.8) is 0 Å². The molecule has 1 aliphatic rings. The van der Waals surface area contributed by atoms with Crippen LogP contribution in [0.4, 0.5) is 5.69 Å². The summed E-state index contributed by atoms with van der Waals surface area (Å²) in [5.74, 6) is 0.134. The van der Waals surface area contributed by atoms with Crippen LogP contribution in [0.25, 0.3) is 0 Å². The van der Waals surface area contributed by atoms with Crippen molar-refractivity contribution in [3.8, 4) is 5.75 Å². The Bertz CT molecular complexity index is 624. The van der Waals surface area contributed by atoms with Crippen LogP contribution < -0.4 is 15.4 Å². The molecule has 21 heavy (non-hydrogen) atoms. The third-order valence-electron chi connectivity index (χ3n) is 3.20. The largest absolute Gasteiger partial charge is 0.495 e. The Morgan fingerprint density at radius 3 is 2.57 bits per heavy atom. The molecular formula is C13H19N3O4S. The van der Waals surface area contributed by atoms with E-state index in [1.54, 1.807) is 6.07 Å². The summed E-state index contributed by atoms with van der Waals surface area (Å²) in [6.07, 6.45) is 0. The van der Waals surface area contributed by atoms with Gasteiger partial charge >= 0.3 is 0 Å². The SMILES string of the molecule is COc1ccc(S(=O)(=O)N2CCNCC2)cc1NC(C)=O. The number of sulfonamides is 1. The van der Waals surface area contributed by atoms with E-state index in [2.05, 4.69) is 10.6 Å². The van der Waals surface area contributed by atoms with E-state index in [1.165, 1.54) is 30.5 Å². The van der Waals surface area contributed by atoms with E-state index in [0.29, 0.717) is 37.6 Å². The van der Waals surface area contributed by atoms with Gasteiger partial charge in [-0.05, 0) is 18.2 Å². The molecule has 2 rings (SSSR count). The quantitative estimate of drug-likeness (QED) is 0.832. The van der Waals surface area contributed by atoms with E-state index in [-0.39, 0.29) is 10.8 Å². The summed E-state index contributed by atoms with van der Waals surface area (Å²) in [5, 5.41) is 5.69. The zero-order chi connectivity index (χ0) is 15.5. The fourth-order valence-electron chi connectivity index (χ4n) is 2.17. The second-order valence-electron chi connectivity index (χ2n) is 4.70. The lowest BCUT2D eigenvalue weighted by Crippen LogP contribution is -2.46. The summed E-state index contributed by atoms with van der Waals surface area (Å²) in [6.45, 7) is 3.49. The molecular weight excluding hydrogens is 294 g/mol. The number of amides is 1. The number of nitrogens with one attached hydrogen (secondary N) is 2. The van der Waals surface area contributed by atoms with Gasteiger partial charge in [-0.2, -0.15) is 4.31 Å². The molecule has 0 aromatic heterocycles. The normalized spacial score (nSPS) is 16.5. The first-order valence-electron chi connectivity index (χ1n) is 6.61. The summed E-state index contributed by atoms with van der Waals surface area (Å²) in [4.78, 5) is 11.4. The van der Waals surface area contributed by atoms with E-state index in [1.807, 2.05) is 0 Å². The van der Waals surface area contributed by atoms with E-state index < -0.39 is 10.0 Å². The average molecular weight is 313 g/mol. The molecule has 0 unspecified atom stereocenters. The first-order valence-corrected chi connectivity index (χ1v) is 8.05. The summed E-state index contributed by atoms with van der Waals surface area (Å²) in [6, 6.07) is 4.46. The van der Waals surface area contributed by atoms with Crippen LogP contribution in [0.2, 0.25) is 0 Å². The maximum atomic E-state index is 12.6. The average Bonchev–Trinajstić information content (AvgIpc) is 2.47. The predicted octanol–water partition coefficient (Wildman–Crippen LogP) is 0.247. The van der Waals surface area contributed by atoms with Crippen LogP contribution in [-0.4, -0.2) is 51.9 Å². The summed E-state index contributed by atoms with van der Waals surface area (Å²) in [7, 11) is -2.10. The molecule has 1 fully saturated rings. The first kappa shape index (κ1) is 15.7. The maximum Gasteiger partial charge on any atom is 0.243 e. The van der Waals surface area contributed by atoms with Crippen molar-refractivity contribution in [1.29, 1.82) is 0 Å². The van der Waals surface area contributed by atoms with Crippen LogP contribution in [0.1, 0.15) is 6.92 Å². The number of hydrogen-bond acceptors (Lipinski definition) is 5. The molecule has 1 heterocycles. The Labute approximate surface area is 124 Å². The third-order valence-corrected chi connectivity index (χ3v) is 5.09. The molecule has 1 amide bonds. The molecule has 0 bridgehead atoms. The van der Waals surface area contributed by atoms with Crippen molar-refractivity contribution >= 4 is 21.6 Å². The van der Waals surface area contributed by atoms with Gasteiger partial charge in [0, 0.05) is 33.1 Å². The Balaban J connectivity index is 2.36. The number of rotatable bonds is 4. The van der Waals surface area contributed by atoms with Crippen molar-refractivity contribution in [2.45, 2.75) is 11.8 Å². The molecule has 116 valence electrons. The van der Waals surface area contributed by atoms with Crippen LogP contribution in [0.15, 0.2) is 23.1 Å². The number of carbonyl (C=O) groups excluding carboxylic acids is 1. The van der Waals surface area contributed by atoms with Gasteiger partial charge in [0.05, 0.1) is 17.7 Å². The minimum absolute atomic E-state index is 0.147. The second-order valence-corrected chi connectivity index (χ2v) is 6.64. The van der Waals surface area contributed by atoms with Gasteiger partial charge in [-0.3, -0.25) is 4.79 Å². The van der Waals surface area contributed by atoms with Gasteiger partial charge in [0.25, 0.3) is 0 Å². The van der Waals surface area contributed by atoms with Gasteiger partial charge in [0.2, 0.25) is 15.9 Å². The Morgan fingerprint density at radius 1 is 1.33 bits per heavy atom. The second kappa shape index (κ2) is 6.42. The standard InChI is InChI=1S/C13H19N3O4S/c1-10(17)15-12-9-11(3-4-13(12)20-2)21(18,19)16-7-5-14-6-8-16/h3-4,9,14H,5-8H2,1-2H3,(H,15,17). The fraction of sp³-hybridized carbons (Fsp3) is 0.462. The highest BCUT2D eigenvalue weighted by molar-refractivity contribution is 7.89. The number of nitrogens with zero attached hydrogens (tertiary/aromatic N) is 1. The summed E-state index contributed by atoms with van der Waals surface area (Å²) >= 11 is 0. The van der Waals surface area contributed by atoms with E-state index in [4.69, 9.17) is 4.74 Å². The molecule has 1 aromatic carbocycles. The van der Waals surface area contributed by atoms with Crippen LogP contribution in [0.5, 0.6) is 5.75 Å². The molecule has 1 saturated heterocycles. The summed E-state index contributed by atoms with van der Waals surface area (Å²) < 4.78 is 31.7. The highest BCUT2D eigenvalue weighted by atomic mass is 32.2. The van der Waals surface area contributed by atoms with Crippen molar-refractivity contribution in [3.05, 3.63) is 18.2 Å². The fourth-order valence-corrected chi connectivity index (χ4v) is 3.64. The lowest BCUT2D eigenvalue weighted by atomic mass is 10.3. The van der Waals surface area contributed by atoms with Crippen LogP contribution in [-0.2, 0) is 14.8 Å². The van der Waals surface area contributed by atoms with Gasteiger partial charge in [0.1, 0.15) is 5.75 Å². The minimum Gasteiger partial charge on any atom is -0.495 e. The van der Waals surface area contributed by atoms with Gasteiger partial charge in [0.15, 0.2) is 0 Å². The Morgan fingerprint density at radius 2 is 2.00 bits per heavy atom. The number of carbonyl (C=O) groups is 1. The number of hydrogen-bond donors (Lipinski definition) is 2. The zero-order valence-corrected chi connectivity index (χ0v) is 12.9. The third kappa shape index (κ3) is 3.52. The number of piperazine rings is 1. The van der Waals surface area contributed by atoms with Crippen LogP contribution in [0, 0.1) is 0 Å². The summed E-state index contributed by atoms with van der Waals surface area (Å²) in [5.41, 5.74) is 0.348. The highest BCUT2D eigenvalue weighted by Gasteiger charge is 2.26. The van der Waals surface area contributed by atoms with Gasteiger partial charge in [-0.15, -0.1) is 0 Å². The van der Waals surface area contributed by atoms with Crippen molar-refractivity contribution in [2.24, 2.45) is 0 Å². The lowest BCUT2D eigenvalue weighted by molar-refractivity contribution is -0.114. The molecule has 0 saturated carbocycles. The molecule has 7 nitrogen and oxygen atoms in total. The zero-order valence-electron chi connectivity index (χ0n) is 12.0. The van der Waals surface area contributed by atoms with E-state index in [9.17, 15) is 13.2 Å². The Kier molecular flexibility index (Phi) is 4.81. The van der Waals surface area contributed by atoms with E-state index in [0.717, 1.165) is 0 Å². The predicted molar refractivity (Wildman–Crippen MR) is 78.9 cm³/mol. The molecule has 0 aliphatic carbocycles. The van der Waals surface area contributed by atoms with E-state index >= 15 is 0 Å². The van der Waals surface area contributed by atoms with Gasteiger partial charge in [-0.25, -0.2) is 8.42 Å². The number of anilines is 1. The molecule has 2 N–H and O–H groups in total. The molecule has 0 atom stereocenters. The van der Waals surface area contributed by atoms with Crippen LogP contribution >= 0.6 is 0 Å². The number of methoxy groups -OCH3 is 1. The Hall–Kier alpha value is -1.64. The lowest BCUT2D eigenvalue weighted by Gasteiger charge is -2.26. The monoisotopic (exact) mass is 313 g/mol. The van der Waals surface area contributed by atoms with Crippen molar-refractivity contribution < 1.29 is 17.9 Å². The smallest absolute Gasteiger partial charge is 0.243 e. The number of ether oxygens (including phenoxy) is 1. The topological polar surface area (TPSA) is 87.7 Å². The van der Waals surface area contributed by atoms with Crippen molar-refractivity contribution in [2.75, 3.05) is 38.6 Å². The first-order chi connectivity index (χ1) is 9.95. The molecule has 1 aliphatic heterocycles.